The largest absolute Gasteiger partial charge is 0.381 e. The van der Waals surface area contributed by atoms with E-state index in [1.807, 2.05) is 59.8 Å². The fourth-order valence-corrected chi connectivity index (χ4v) is 5.64. The molecule has 4 rings (SSSR count). The van der Waals surface area contributed by atoms with Gasteiger partial charge in [0.15, 0.2) is 5.13 Å². The van der Waals surface area contributed by atoms with Gasteiger partial charge in [0, 0.05) is 43.3 Å². The van der Waals surface area contributed by atoms with Crippen molar-refractivity contribution in [2.24, 2.45) is 5.92 Å². The molecule has 1 amide bonds. The van der Waals surface area contributed by atoms with Crippen LogP contribution in [0.3, 0.4) is 0 Å². The molecule has 2 aliphatic rings. The Labute approximate surface area is 189 Å². The van der Waals surface area contributed by atoms with Gasteiger partial charge in [-0.3, -0.25) is 4.79 Å². The predicted octanol–water partition coefficient (Wildman–Crippen LogP) is 4.13. The maximum absolute atomic E-state index is 13.1. The number of anilines is 1. The second-order valence-corrected chi connectivity index (χ2v) is 10.1. The van der Waals surface area contributed by atoms with E-state index < -0.39 is 10.8 Å². The lowest BCUT2D eigenvalue weighted by atomic mass is 9.84. The lowest BCUT2D eigenvalue weighted by molar-refractivity contribution is -0.118. The molecule has 6 nitrogen and oxygen atoms in total. The Morgan fingerprint density at radius 1 is 1.32 bits per heavy atom. The quantitative estimate of drug-likeness (QED) is 0.677. The summed E-state index contributed by atoms with van der Waals surface area (Å²) in [5.74, 6) is 0.117. The number of ether oxygens (including phenoxy) is 1. The van der Waals surface area contributed by atoms with Gasteiger partial charge in [0.1, 0.15) is 15.8 Å². The molecule has 31 heavy (non-hydrogen) atoms. The average Bonchev–Trinajstić information content (AvgIpc) is 3.31. The summed E-state index contributed by atoms with van der Waals surface area (Å²) in [6.45, 7) is 2.25. The molecule has 1 aromatic carbocycles. The summed E-state index contributed by atoms with van der Waals surface area (Å²) < 4.78 is 18.5. The number of nitrogens with one attached hydrogen (secondary N) is 1. The molecule has 2 aliphatic heterocycles. The molecule has 164 valence electrons. The number of likely N-dealkylation sites (N-methyl/N-ethyl adjacent to an activating group) is 1. The second-order valence-electron chi connectivity index (χ2n) is 7.82. The summed E-state index contributed by atoms with van der Waals surface area (Å²) in [4.78, 5) is 20.0. The maximum atomic E-state index is 13.1. The van der Waals surface area contributed by atoms with Crippen molar-refractivity contribution in [2.45, 2.75) is 30.1 Å². The van der Waals surface area contributed by atoms with Gasteiger partial charge in [-0.1, -0.05) is 24.3 Å². The highest BCUT2D eigenvalue weighted by molar-refractivity contribution is 7.89. The Bertz CT molecular complexity index is 964. The zero-order valence-corrected chi connectivity index (χ0v) is 19.2. The van der Waals surface area contributed by atoms with Gasteiger partial charge in [0.25, 0.3) is 0 Å². The second kappa shape index (κ2) is 10.3. The van der Waals surface area contributed by atoms with E-state index in [0.717, 1.165) is 54.5 Å². The van der Waals surface area contributed by atoms with Crippen LogP contribution in [0.4, 0.5) is 5.13 Å². The number of carbonyl (C=O) groups excluding carboxylic acids is 1. The maximum Gasteiger partial charge on any atom is 0.233 e. The number of carbonyl (C=O) groups is 1. The van der Waals surface area contributed by atoms with Crippen molar-refractivity contribution >= 4 is 33.2 Å². The summed E-state index contributed by atoms with van der Waals surface area (Å²) in [6.07, 6.45) is 10.3. The molecule has 0 spiro atoms. The smallest absolute Gasteiger partial charge is 0.233 e. The van der Waals surface area contributed by atoms with Gasteiger partial charge in [-0.05, 0) is 49.0 Å². The number of rotatable bonds is 7. The van der Waals surface area contributed by atoms with Crippen molar-refractivity contribution in [1.82, 2.24) is 9.88 Å². The molecule has 1 aromatic heterocycles. The van der Waals surface area contributed by atoms with Gasteiger partial charge in [0.05, 0.1) is 5.92 Å². The monoisotopic (exact) mass is 457 g/mol. The van der Waals surface area contributed by atoms with Gasteiger partial charge < -0.3 is 15.0 Å². The van der Waals surface area contributed by atoms with E-state index in [2.05, 4.69) is 10.3 Å². The molecule has 0 radical (unpaired) electrons. The number of amides is 1. The molecule has 3 heterocycles. The summed E-state index contributed by atoms with van der Waals surface area (Å²) >= 11 is 1.41. The number of thiazole rings is 1. The summed E-state index contributed by atoms with van der Waals surface area (Å²) in [5, 5.41) is 6.20. The van der Waals surface area contributed by atoms with Crippen LogP contribution in [0.25, 0.3) is 0 Å². The molecular formula is C23H27N3O3S2. The number of allylic oxidation sites excluding steroid dienone is 2. The summed E-state index contributed by atoms with van der Waals surface area (Å²) in [7, 11) is 0.685. The molecular weight excluding hydrogens is 430 g/mol. The minimum absolute atomic E-state index is 0.0461. The van der Waals surface area contributed by atoms with Crippen LogP contribution in [-0.2, 0) is 20.3 Å². The number of hydrogen-bond donors (Lipinski definition) is 1. The van der Waals surface area contributed by atoms with Crippen LogP contribution in [0.15, 0.2) is 64.0 Å². The highest BCUT2D eigenvalue weighted by atomic mass is 32.2. The molecule has 0 saturated carbocycles. The highest BCUT2D eigenvalue weighted by Crippen LogP contribution is 2.32. The van der Waals surface area contributed by atoms with E-state index in [-0.39, 0.29) is 11.8 Å². The van der Waals surface area contributed by atoms with Crippen molar-refractivity contribution in [3.63, 3.8) is 0 Å². The van der Waals surface area contributed by atoms with Crippen LogP contribution in [0.5, 0.6) is 0 Å². The predicted molar refractivity (Wildman–Crippen MR) is 124 cm³/mol. The first-order valence-corrected chi connectivity index (χ1v) is 12.5. The van der Waals surface area contributed by atoms with Crippen molar-refractivity contribution in [2.75, 3.05) is 32.1 Å². The Balaban J connectivity index is 1.53. The van der Waals surface area contributed by atoms with Gasteiger partial charge in [-0.2, -0.15) is 0 Å². The van der Waals surface area contributed by atoms with E-state index >= 15 is 0 Å². The molecule has 0 bridgehead atoms. The molecule has 2 atom stereocenters. The number of hydrogen-bond acceptors (Lipinski definition) is 6. The number of nitrogens with zero attached hydrogens (tertiary/aromatic N) is 2. The lowest BCUT2D eigenvalue weighted by Crippen LogP contribution is -2.26. The lowest BCUT2D eigenvalue weighted by Gasteiger charge is -2.26. The first kappa shape index (κ1) is 21.9. The average molecular weight is 458 g/mol. The Hall–Kier alpha value is -2.29. The summed E-state index contributed by atoms with van der Waals surface area (Å²) in [5.41, 5.74) is 0.937. The Morgan fingerprint density at radius 3 is 2.77 bits per heavy atom. The zero-order valence-electron chi connectivity index (χ0n) is 17.5. The molecule has 1 fully saturated rings. The first-order chi connectivity index (χ1) is 15.1. The van der Waals surface area contributed by atoms with Crippen molar-refractivity contribution in [1.29, 1.82) is 0 Å². The Morgan fingerprint density at radius 2 is 2.10 bits per heavy atom. The van der Waals surface area contributed by atoms with Gasteiger partial charge in [-0.25, -0.2) is 9.19 Å². The van der Waals surface area contributed by atoms with Crippen LogP contribution in [-0.4, -0.2) is 46.8 Å². The first-order valence-electron chi connectivity index (χ1n) is 10.5. The van der Waals surface area contributed by atoms with Gasteiger partial charge in [-0.15, -0.1) is 11.3 Å². The van der Waals surface area contributed by atoms with E-state index in [0.29, 0.717) is 11.0 Å². The zero-order chi connectivity index (χ0) is 21.6. The number of aromatic nitrogens is 1. The fraction of sp³-hybridized carbons (Fsp3) is 0.391. The van der Waals surface area contributed by atoms with Crippen LogP contribution >= 0.6 is 11.3 Å². The van der Waals surface area contributed by atoms with E-state index in [9.17, 15) is 9.00 Å². The molecule has 0 aliphatic carbocycles. The molecule has 8 heteroatoms. The third-order valence-electron chi connectivity index (χ3n) is 5.71. The molecule has 1 saturated heterocycles. The van der Waals surface area contributed by atoms with Crippen LogP contribution in [0.2, 0.25) is 0 Å². The molecule has 2 aromatic rings. The standard InChI is InChI=1S/C23H27N3O3S2/c1-26-12-3-2-4-21(26)31(28)19-7-5-18(6-8-19)20(16-17-9-13-29-14-10-17)22(27)25-23-24-11-15-30-23/h2-8,11,15,17,20H,9-10,12-14,16H2,1H3,(H,24,25,27). The van der Waals surface area contributed by atoms with E-state index in [4.69, 9.17) is 4.74 Å². The topological polar surface area (TPSA) is 71.5 Å². The van der Waals surface area contributed by atoms with Gasteiger partial charge >= 0.3 is 0 Å². The molecule has 2 unspecified atom stereocenters. The minimum atomic E-state index is -1.25. The highest BCUT2D eigenvalue weighted by Gasteiger charge is 2.27. The van der Waals surface area contributed by atoms with E-state index in [1.54, 1.807) is 6.20 Å². The van der Waals surface area contributed by atoms with E-state index in [1.165, 1.54) is 11.3 Å². The third-order valence-corrected chi connectivity index (χ3v) is 7.92. The van der Waals surface area contributed by atoms with Crippen LogP contribution in [0, 0.1) is 5.92 Å². The van der Waals surface area contributed by atoms with Crippen LogP contribution < -0.4 is 5.32 Å². The molecule has 1 N–H and O–H groups in total. The van der Waals surface area contributed by atoms with Gasteiger partial charge in [0.2, 0.25) is 5.91 Å². The number of benzene rings is 1. The SMILES string of the molecule is CN1CC=CC=C1S(=O)c1ccc(C(CC2CCOCC2)C(=O)Nc2nccs2)cc1. The van der Waals surface area contributed by atoms with Crippen LogP contribution in [0.1, 0.15) is 30.7 Å². The summed E-state index contributed by atoms with van der Waals surface area (Å²) in [6, 6.07) is 7.65. The Kier molecular flexibility index (Phi) is 7.32. The van der Waals surface area contributed by atoms with Crippen molar-refractivity contribution < 1.29 is 13.7 Å². The van der Waals surface area contributed by atoms with Crippen molar-refractivity contribution in [3.05, 3.63) is 64.7 Å². The third kappa shape index (κ3) is 5.50. The van der Waals surface area contributed by atoms with Crippen molar-refractivity contribution in [3.8, 4) is 0 Å². The normalized spacial score (nSPS) is 19.0. The fourth-order valence-electron chi connectivity index (χ4n) is 3.92. The minimum Gasteiger partial charge on any atom is -0.381 e.